The molecule has 0 nitrogen and oxygen atoms in total. The van der Waals surface area contributed by atoms with Crippen molar-refractivity contribution in [3.05, 3.63) is 12.2 Å². The van der Waals surface area contributed by atoms with Gasteiger partial charge in [-0.05, 0) is 43.9 Å². The van der Waals surface area contributed by atoms with E-state index in [0.717, 1.165) is 11.8 Å². The largest absolute Gasteiger partial charge is 0.0882 e. The Kier molecular flexibility index (Phi) is 10.2. The minimum atomic E-state index is 0.924. The average Bonchev–Trinajstić information content (AvgIpc) is 2.86. The van der Waals surface area contributed by atoms with Crippen LogP contribution in [-0.2, 0) is 0 Å². The molecule has 0 N–H and O–H groups in total. The SMILES string of the molecule is CCCCCCC=C[C@H]1CCC[C@@H]1CCCCCC. The smallest absolute Gasteiger partial charge is 0.0205 e. The first kappa shape index (κ1) is 16.8. The summed E-state index contributed by atoms with van der Waals surface area (Å²) >= 11 is 0. The van der Waals surface area contributed by atoms with Gasteiger partial charge in [-0.25, -0.2) is 0 Å². The molecular weight excluding hydrogens is 228 g/mol. The van der Waals surface area contributed by atoms with Gasteiger partial charge in [-0.2, -0.15) is 0 Å². The third kappa shape index (κ3) is 7.80. The Morgan fingerprint density at radius 2 is 1.58 bits per heavy atom. The Morgan fingerprint density at radius 1 is 0.842 bits per heavy atom. The fourth-order valence-electron chi connectivity index (χ4n) is 3.47. The van der Waals surface area contributed by atoms with Gasteiger partial charge in [-0.15, -0.1) is 0 Å². The zero-order chi connectivity index (χ0) is 13.8. The van der Waals surface area contributed by atoms with Gasteiger partial charge in [-0.3, -0.25) is 0 Å². The predicted octanol–water partition coefficient (Wildman–Crippen LogP) is 6.90. The van der Waals surface area contributed by atoms with E-state index in [2.05, 4.69) is 26.0 Å². The number of rotatable bonds is 11. The van der Waals surface area contributed by atoms with Gasteiger partial charge in [0.25, 0.3) is 0 Å². The highest BCUT2D eigenvalue weighted by Crippen LogP contribution is 2.36. The molecule has 0 aromatic rings. The molecule has 1 aliphatic rings. The number of allylic oxidation sites excluding steroid dienone is 2. The van der Waals surface area contributed by atoms with E-state index < -0.39 is 0 Å². The van der Waals surface area contributed by atoms with E-state index in [4.69, 9.17) is 0 Å². The third-order valence-electron chi connectivity index (χ3n) is 4.75. The van der Waals surface area contributed by atoms with Crippen LogP contribution in [0.3, 0.4) is 0 Å². The maximum atomic E-state index is 2.57. The minimum absolute atomic E-state index is 0.924. The molecule has 19 heavy (non-hydrogen) atoms. The number of hydrogen-bond donors (Lipinski definition) is 0. The molecule has 0 unspecified atom stereocenters. The molecule has 0 spiro atoms. The summed E-state index contributed by atoms with van der Waals surface area (Å²) in [6.45, 7) is 4.59. The van der Waals surface area contributed by atoms with Crippen molar-refractivity contribution in [3.8, 4) is 0 Å². The summed E-state index contributed by atoms with van der Waals surface area (Å²) in [7, 11) is 0. The van der Waals surface area contributed by atoms with Crippen LogP contribution in [0.25, 0.3) is 0 Å². The molecule has 0 heterocycles. The highest BCUT2D eigenvalue weighted by atomic mass is 14.3. The summed E-state index contributed by atoms with van der Waals surface area (Å²) in [5.74, 6) is 1.94. The quantitative estimate of drug-likeness (QED) is 0.281. The van der Waals surface area contributed by atoms with Gasteiger partial charge in [-0.1, -0.05) is 77.4 Å². The monoisotopic (exact) mass is 264 g/mol. The zero-order valence-electron chi connectivity index (χ0n) is 13.5. The van der Waals surface area contributed by atoms with Crippen molar-refractivity contribution in [2.75, 3.05) is 0 Å². The van der Waals surface area contributed by atoms with Gasteiger partial charge < -0.3 is 0 Å². The van der Waals surface area contributed by atoms with Crippen molar-refractivity contribution < 1.29 is 0 Å². The summed E-state index contributed by atoms with van der Waals surface area (Å²) in [6, 6.07) is 0. The van der Waals surface area contributed by atoms with E-state index in [-0.39, 0.29) is 0 Å². The first-order valence-corrected chi connectivity index (χ1v) is 9.05. The average molecular weight is 264 g/mol. The lowest BCUT2D eigenvalue weighted by Gasteiger charge is -2.16. The van der Waals surface area contributed by atoms with E-state index in [1.165, 1.54) is 83.5 Å². The van der Waals surface area contributed by atoms with Gasteiger partial charge >= 0.3 is 0 Å². The molecule has 1 saturated carbocycles. The van der Waals surface area contributed by atoms with Crippen LogP contribution in [0.2, 0.25) is 0 Å². The molecule has 1 aliphatic carbocycles. The molecule has 1 rings (SSSR count). The van der Waals surface area contributed by atoms with E-state index in [9.17, 15) is 0 Å². The number of unbranched alkanes of at least 4 members (excludes halogenated alkanes) is 7. The van der Waals surface area contributed by atoms with E-state index in [1.807, 2.05) is 0 Å². The van der Waals surface area contributed by atoms with Crippen LogP contribution in [0, 0.1) is 11.8 Å². The topological polar surface area (TPSA) is 0 Å². The normalized spacial score (nSPS) is 23.5. The van der Waals surface area contributed by atoms with Crippen LogP contribution in [0.15, 0.2) is 12.2 Å². The van der Waals surface area contributed by atoms with E-state index >= 15 is 0 Å². The summed E-state index contributed by atoms with van der Waals surface area (Å²) in [4.78, 5) is 0. The molecule has 112 valence electrons. The highest BCUT2D eigenvalue weighted by Gasteiger charge is 2.24. The first-order chi connectivity index (χ1) is 9.38. The third-order valence-corrected chi connectivity index (χ3v) is 4.75. The molecule has 0 aliphatic heterocycles. The lowest BCUT2D eigenvalue weighted by atomic mass is 9.90. The molecule has 0 saturated heterocycles. The predicted molar refractivity (Wildman–Crippen MR) is 87.5 cm³/mol. The maximum absolute atomic E-state index is 2.57. The Labute approximate surface area is 122 Å². The van der Waals surface area contributed by atoms with Gasteiger partial charge in [0.2, 0.25) is 0 Å². The van der Waals surface area contributed by atoms with E-state index in [0.29, 0.717) is 0 Å². The molecule has 0 amide bonds. The van der Waals surface area contributed by atoms with Crippen molar-refractivity contribution in [3.63, 3.8) is 0 Å². The van der Waals surface area contributed by atoms with Crippen molar-refractivity contribution in [2.45, 2.75) is 97.3 Å². The van der Waals surface area contributed by atoms with Gasteiger partial charge in [0.1, 0.15) is 0 Å². The molecule has 2 atom stereocenters. The second kappa shape index (κ2) is 11.6. The van der Waals surface area contributed by atoms with Gasteiger partial charge in [0, 0.05) is 0 Å². The summed E-state index contributed by atoms with van der Waals surface area (Å²) in [6.07, 6.45) is 23.6. The van der Waals surface area contributed by atoms with Crippen LogP contribution in [0.5, 0.6) is 0 Å². The molecule has 1 fully saturated rings. The van der Waals surface area contributed by atoms with Crippen molar-refractivity contribution in [1.29, 1.82) is 0 Å². The Balaban J connectivity index is 2.11. The van der Waals surface area contributed by atoms with Crippen LogP contribution in [0.4, 0.5) is 0 Å². The van der Waals surface area contributed by atoms with Crippen molar-refractivity contribution >= 4 is 0 Å². The lowest BCUT2D eigenvalue weighted by molar-refractivity contribution is 0.403. The fourth-order valence-corrected chi connectivity index (χ4v) is 3.47. The molecule has 0 bridgehead atoms. The first-order valence-electron chi connectivity index (χ1n) is 9.05. The van der Waals surface area contributed by atoms with Crippen LogP contribution in [0.1, 0.15) is 97.3 Å². The summed E-state index contributed by atoms with van der Waals surface area (Å²) in [5, 5.41) is 0. The second-order valence-corrected chi connectivity index (χ2v) is 6.48. The Morgan fingerprint density at radius 3 is 2.32 bits per heavy atom. The summed E-state index contributed by atoms with van der Waals surface area (Å²) < 4.78 is 0. The van der Waals surface area contributed by atoms with Crippen molar-refractivity contribution in [2.24, 2.45) is 11.8 Å². The summed E-state index contributed by atoms with van der Waals surface area (Å²) in [5.41, 5.74) is 0. The highest BCUT2D eigenvalue weighted by molar-refractivity contribution is 4.94. The van der Waals surface area contributed by atoms with E-state index in [1.54, 1.807) is 0 Å². The fraction of sp³-hybridized carbons (Fsp3) is 0.895. The molecule has 0 heteroatoms. The van der Waals surface area contributed by atoms with Crippen LogP contribution < -0.4 is 0 Å². The molecule has 0 radical (unpaired) electrons. The second-order valence-electron chi connectivity index (χ2n) is 6.48. The zero-order valence-corrected chi connectivity index (χ0v) is 13.5. The maximum Gasteiger partial charge on any atom is -0.0205 e. The molecule has 0 aromatic carbocycles. The molecular formula is C19H36. The number of hydrogen-bond acceptors (Lipinski definition) is 0. The lowest BCUT2D eigenvalue weighted by Crippen LogP contribution is -2.05. The standard InChI is InChI=1S/C19H36/c1-3-5-7-9-10-12-15-19-17-13-16-18(19)14-11-8-6-4-2/h12,15,18-19H,3-11,13-14,16-17H2,1-2H3/t18-,19-/m0/s1. The van der Waals surface area contributed by atoms with Crippen molar-refractivity contribution in [1.82, 2.24) is 0 Å². The molecule has 0 aromatic heterocycles. The van der Waals surface area contributed by atoms with Gasteiger partial charge in [0.15, 0.2) is 0 Å². The minimum Gasteiger partial charge on any atom is -0.0882 e. The Bertz CT molecular complexity index is 216. The van der Waals surface area contributed by atoms with Crippen LogP contribution >= 0.6 is 0 Å². The van der Waals surface area contributed by atoms with Gasteiger partial charge in [0.05, 0.1) is 0 Å². The van der Waals surface area contributed by atoms with Crippen LogP contribution in [-0.4, -0.2) is 0 Å². The Hall–Kier alpha value is -0.260.